The van der Waals surface area contributed by atoms with Gasteiger partial charge in [-0.2, -0.15) is 5.10 Å². The molecule has 6 rings (SSSR count). The summed E-state index contributed by atoms with van der Waals surface area (Å²) >= 11 is 0. The monoisotopic (exact) mass is 456 g/mol. The van der Waals surface area contributed by atoms with Crippen molar-refractivity contribution in [2.75, 3.05) is 19.6 Å². The molecule has 8 nitrogen and oxygen atoms in total. The highest BCUT2D eigenvalue weighted by molar-refractivity contribution is 5.99. The summed E-state index contributed by atoms with van der Waals surface area (Å²) in [5.41, 5.74) is 4.93. The predicted molar refractivity (Wildman–Crippen MR) is 130 cm³/mol. The van der Waals surface area contributed by atoms with Crippen LogP contribution < -0.4 is 0 Å². The molecule has 0 aliphatic carbocycles. The molecule has 2 aliphatic heterocycles. The van der Waals surface area contributed by atoms with Crippen LogP contribution in [-0.2, 0) is 0 Å². The lowest BCUT2D eigenvalue weighted by atomic mass is 9.96. The van der Waals surface area contributed by atoms with Crippen LogP contribution in [0, 0.1) is 19.8 Å². The summed E-state index contributed by atoms with van der Waals surface area (Å²) in [5.74, 6) is 0.347. The lowest BCUT2D eigenvalue weighted by Gasteiger charge is -2.29. The minimum absolute atomic E-state index is 0.0215. The number of nitrogens with one attached hydrogen (secondary N) is 2. The molecule has 5 heterocycles. The number of aromatic amines is 2. The number of carbonyl (C=O) groups excluding carboxylic acids is 2. The van der Waals surface area contributed by atoms with Crippen LogP contribution in [0.1, 0.15) is 51.4 Å². The predicted octanol–water partition coefficient (Wildman–Crippen LogP) is 3.82. The van der Waals surface area contributed by atoms with Crippen LogP contribution in [0.3, 0.4) is 0 Å². The minimum Gasteiger partial charge on any atom is -0.351 e. The fourth-order valence-electron chi connectivity index (χ4n) is 5.66. The number of carbonyl (C=O) groups is 2. The normalized spacial score (nSPS) is 20.6. The maximum Gasteiger partial charge on any atom is 0.270 e. The molecular weight excluding hydrogens is 428 g/mol. The van der Waals surface area contributed by atoms with E-state index in [1.807, 2.05) is 41.0 Å². The summed E-state index contributed by atoms with van der Waals surface area (Å²) in [4.78, 5) is 38.2. The number of H-pyrrole nitrogens is 2. The van der Waals surface area contributed by atoms with Gasteiger partial charge < -0.3 is 14.8 Å². The molecule has 2 amide bonds. The molecule has 0 spiro atoms. The highest BCUT2D eigenvalue weighted by atomic mass is 16.2. The van der Waals surface area contributed by atoms with Crippen LogP contribution in [0.15, 0.2) is 36.5 Å². The molecule has 3 aromatic heterocycles. The third-order valence-corrected chi connectivity index (χ3v) is 7.47. The second-order valence-electron chi connectivity index (χ2n) is 9.73. The van der Waals surface area contributed by atoms with Gasteiger partial charge in [0.25, 0.3) is 11.8 Å². The van der Waals surface area contributed by atoms with Crippen LogP contribution in [0.4, 0.5) is 0 Å². The highest BCUT2D eigenvalue weighted by Crippen LogP contribution is 2.33. The zero-order valence-corrected chi connectivity index (χ0v) is 19.5. The van der Waals surface area contributed by atoms with Gasteiger partial charge in [-0.3, -0.25) is 14.7 Å². The fraction of sp³-hybridized carbons (Fsp3) is 0.385. The molecule has 0 bridgehead atoms. The van der Waals surface area contributed by atoms with Gasteiger partial charge in [0.2, 0.25) is 0 Å². The van der Waals surface area contributed by atoms with Crippen molar-refractivity contribution in [1.29, 1.82) is 0 Å². The Morgan fingerprint density at radius 3 is 2.82 bits per heavy atom. The molecule has 4 aromatic rings. The smallest absolute Gasteiger partial charge is 0.270 e. The molecule has 2 atom stereocenters. The van der Waals surface area contributed by atoms with Gasteiger partial charge in [0.05, 0.1) is 5.56 Å². The number of hydrogen-bond donors (Lipinski definition) is 2. The van der Waals surface area contributed by atoms with Crippen LogP contribution in [0.5, 0.6) is 0 Å². The molecule has 0 radical (unpaired) electrons. The topological polar surface area (TPSA) is 98.0 Å². The first-order valence-corrected chi connectivity index (χ1v) is 12.0. The number of rotatable bonds is 3. The third kappa shape index (κ3) is 3.45. The Labute approximate surface area is 197 Å². The van der Waals surface area contributed by atoms with Gasteiger partial charge in [-0.15, -0.1) is 0 Å². The van der Waals surface area contributed by atoms with Gasteiger partial charge in [0.1, 0.15) is 5.69 Å². The van der Waals surface area contributed by atoms with Crippen molar-refractivity contribution in [3.8, 4) is 0 Å². The molecule has 2 N–H and O–H groups in total. The van der Waals surface area contributed by atoms with Gasteiger partial charge in [0, 0.05) is 53.9 Å². The molecule has 1 aromatic carbocycles. The minimum atomic E-state index is 0.0215. The summed E-state index contributed by atoms with van der Waals surface area (Å²) < 4.78 is 0. The second kappa shape index (κ2) is 7.97. The molecule has 174 valence electrons. The SMILES string of the molecule is Cc1ccc2[nH]c(C(=O)N3CCC(C4CCCN4C(=O)c4cnc5n[nH]c(C)c5c4)C3)cc2c1. The molecule has 0 saturated carbocycles. The number of nitrogens with zero attached hydrogens (tertiary/aromatic N) is 4. The zero-order chi connectivity index (χ0) is 23.4. The summed E-state index contributed by atoms with van der Waals surface area (Å²) in [6, 6.07) is 10.1. The van der Waals surface area contributed by atoms with E-state index in [1.54, 1.807) is 6.20 Å². The van der Waals surface area contributed by atoms with Gasteiger partial charge in [-0.1, -0.05) is 11.6 Å². The average Bonchev–Trinajstić information content (AvgIpc) is 3.63. The van der Waals surface area contributed by atoms with Crippen LogP contribution in [0.2, 0.25) is 0 Å². The van der Waals surface area contributed by atoms with E-state index >= 15 is 0 Å². The second-order valence-corrected chi connectivity index (χ2v) is 9.73. The molecule has 34 heavy (non-hydrogen) atoms. The number of aryl methyl sites for hydroxylation is 2. The van der Waals surface area contributed by atoms with Crippen molar-refractivity contribution in [1.82, 2.24) is 30.0 Å². The van der Waals surface area contributed by atoms with Gasteiger partial charge >= 0.3 is 0 Å². The Kier molecular flexibility index (Phi) is 4.90. The first-order valence-electron chi connectivity index (χ1n) is 12.0. The maximum atomic E-state index is 13.4. The number of benzene rings is 1. The van der Waals surface area contributed by atoms with Crippen LogP contribution >= 0.6 is 0 Å². The zero-order valence-electron chi connectivity index (χ0n) is 19.5. The van der Waals surface area contributed by atoms with Crippen molar-refractivity contribution in [3.63, 3.8) is 0 Å². The van der Waals surface area contributed by atoms with Crippen molar-refractivity contribution in [2.24, 2.45) is 5.92 Å². The molecule has 2 saturated heterocycles. The van der Waals surface area contributed by atoms with E-state index in [-0.39, 0.29) is 23.8 Å². The van der Waals surface area contributed by atoms with E-state index in [1.165, 1.54) is 5.56 Å². The van der Waals surface area contributed by atoms with Crippen molar-refractivity contribution in [3.05, 3.63) is 59.0 Å². The van der Waals surface area contributed by atoms with Crippen LogP contribution in [0.25, 0.3) is 21.9 Å². The van der Waals surface area contributed by atoms with Gasteiger partial charge in [-0.05, 0) is 63.3 Å². The van der Waals surface area contributed by atoms with Gasteiger partial charge in [-0.25, -0.2) is 4.98 Å². The summed E-state index contributed by atoms with van der Waals surface area (Å²) in [6.07, 6.45) is 4.51. The van der Waals surface area contributed by atoms with E-state index in [9.17, 15) is 9.59 Å². The first kappa shape index (κ1) is 20.9. The van der Waals surface area contributed by atoms with Crippen molar-refractivity contribution < 1.29 is 9.59 Å². The number of aromatic nitrogens is 4. The maximum absolute atomic E-state index is 13.4. The summed E-state index contributed by atoms with van der Waals surface area (Å²) in [7, 11) is 0. The quantitative estimate of drug-likeness (QED) is 0.490. The Hall–Kier alpha value is -3.68. The van der Waals surface area contributed by atoms with Gasteiger partial charge in [0.15, 0.2) is 5.65 Å². The molecule has 8 heteroatoms. The Morgan fingerprint density at radius 1 is 1.06 bits per heavy atom. The summed E-state index contributed by atoms with van der Waals surface area (Å²) in [6.45, 7) is 6.14. The van der Waals surface area contributed by atoms with E-state index < -0.39 is 0 Å². The Bertz CT molecular complexity index is 1420. The first-order chi connectivity index (χ1) is 16.5. The van der Waals surface area contributed by atoms with Crippen molar-refractivity contribution in [2.45, 2.75) is 39.2 Å². The molecular formula is C26H28N6O2. The van der Waals surface area contributed by atoms with E-state index in [0.29, 0.717) is 23.4 Å². The number of amides is 2. The highest BCUT2D eigenvalue weighted by Gasteiger charge is 2.39. The molecule has 2 aliphatic rings. The standard InChI is InChI=1S/C26H28N6O2/c1-15-5-6-21-18(10-15)12-22(28-21)26(34)31-9-7-17(14-31)23-4-3-8-32(23)25(33)19-11-20-16(2)29-30-24(20)27-13-19/h5-6,10-13,17,23,28H,3-4,7-9,14H2,1-2H3,(H,27,29,30). The number of fused-ring (bicyclic) bond motifs is 2. The van der Waals surface area contributed by atoms with Crippen molar-refractivity contribution >= 4 is 33.8 Å². The van der Waals surface area contributed by atoms with E-state index in [4.69, 9.17) is 0 Å². The largest absolute Gasteiger partial charge is 0.351 e. The average molecular weight is 457 g/mol. The number of pyridine rings is 1. The summed E-state index contributed by atoms with van der Waals surface area (Å²) in [5, 5.41) is 9.03. The van der Waals surface area contributed by atoms with Crippen LogP contribution in [-0.4, -0.2) is 67.5 Å². The molecule has 2 fully saturated rings. The van der Waals surface area contributed by atoms with E-state index in [2.05, 4.69) is 33.2 Å². The van der Waals surface area contributed by atoms with E-state index in [0.717, 1.165) is 54.3 Å². The number of hydrogen-bond acceptors (Lipinski definition) is 4. The Balaban J connectivity index is 1.18. The number of likely N-dealkylation sites (tertiary alicyclic amines) is 2. The molecule has 2 unspecified atom stereocenters. The fourth-order valence-corrected chi connectivity index (χ4v) is 5.66. The Morgan fingerprint density at radius 2 is 1.94 bits per heavy atom. The lowest BCUT2D eigenvalue weighted by molar-refractivity contribution is 0.0680. The third-order valence-electron chi connectivity index (χ3n) is 7.47. The lowest BCUT2D eigenvalue weighted by Crippen LogP contribution is -2.41.